The van der Waals surface area contributed by atoms with E-state index in [-0.39, 0.29) is 11.7 Å². The first-order valence-corrected chi connectivity index (χ1v) is 7.83. The summed E-state index contributed by atoms with van der Waals surface area (Å²) in [5, 5.41) is 13.3. The van der Waals surface area contributed by atoms with E-state index < -0.39 is 0 Å². The number of rotatable bonds is 1. The highest BCUT2D eigenvalue weighted by Crippen LogP contribution is 2.27. The van der Waals surface area contributed by atoms with Crippen LogP contribution < -0.4 is 10.2 Å². The Kier molecular flexibility index (Phi) is 4.12. The average Bonchev–Trinajstić information content (AvgIpc) is 2.71. The Morgan fingerprint density at radius 2 is 2.05 bits per heavy atom. The number of carbonyl (C=O) groups excluding carboxylic acids is 1. The number of para-hydroxylation sites is 1. The number of fused-ring (bicyclic) bond motifs is 1. The molecule has 0 spiro atoms. The minimum atomic E-state index is -0.165. The van der Waals surface area contributed by atoms with Gasteiger partial charge in [-0.1, -0.05) is 18.2 Å². The largest absolute Gasteiger partial charge is 0.507 e. The monoisotopic (exact) mass is 394 g/mol. The molecule has 2 aromatic rings. The van der Waals surface area contributed by atoms with Crippen molar-refractivity contribution < 1.29 is 9.90 Å². The van der Waals surface area contributed by atoms with Gasteiger partial charge in [0.1, 0.15) is 5.75 Å². The number of anilines is 1. The van der Waals surface area contributed by atoms with Crippen LogP contribution in [0.15, 0.2) is 42.5 Å². The second-order valence-corrected chi connectivity index (χ2v) is 6.17. The Hall–Kier alpha value is -1.60. The molecule has 0 saturated carbocycles. The second kappa shape index (κ2) is 6.03. The molecule has 1 aliphatic rings. The van der Waals surface area contributed by atoms with E-state index >= 15 is 0 Å². The fraction of sp³-hybridized carbons (Fsp3) is 0.188. The minimum absolute atomic E-state index is 0.0232. The lowest BCUT2D eigenvalue weighted by Crippen LogP contribution is -2.34. The Bertz CT molecular complexity index is 688. The second-order valence-electron chi connectivity index (χ2n) is 4.92. The zero-order chi connectivity index (χ0) is 14.8. The SMILES string of the molecule is O=C(c1cc(I)ccc1O)N1CCNCc2ccccc21. The predicted molar refractivity (Wildman–Crippen MR) is 90.6 cm³/mol. The van der Waals surface area contributed by atoms with Crippen LogP contribution in [0.2, 0.25) is 0 Å². The lowest BCUT2D eigenvalue weighted by molar-refractivity contribution is 0.0985. The van der Waals surface area contributed by atoms with Crippen LogP contribution in [0.1, 0.15) is 15.9 Å². The lowest BCUT2D eigenvalue weighted by Gasteiger charge is -2.23. The van der Waals surface area contributed by atoms with Crippen molar-refractivity contribution in [1.29, 1.82) is 0 Å². The van der Waals surface area contributed by atoms with E-state index in [0.29, 0.717) is 12.1 Å². The van der Waals surface area contributed by atoms with Gasteiger partial charge >= 0.3 is 0 Å². The van der Waals surface area contributed by atoms with Gasteiger partial charge in [0.15, 0.2) is 0 Å². The molecule has 0 unspecified atom stereocenters. The molecule has 0 aromatic heterocycles. The van der Waals surface area contributed by atoms with E-state index in [1.54, 1.807) is 23.1 Å². The quantitative estimate of drug-likeness (QED) is 0.732. The molecule has 0 atom stereocenters. The van der Waals surface area contributed by atoms with Gasteiger partial charge in [0.2, 0.25) is 0 Å². The normalized spacial score (nSPS) is 14.4. The number of nitrogens with one attached hydrogen (secondary N) is 1. The number of halogens is 1. The molecular formula is C16H15IN2O2. The fourth-order valence-electron chi connectivity index (χ4n) is 2.49. The summed E-state index contributed by atoms with van der Waals surface area (Å²) in [6, 6.07) is 12.9. The predicted octanol–water partition coefficient (Wildman–Crippen LogP) is 2.75. The van der Waals surface area contributed by atoms with E-state index in [9.17, 15) is 9.90 Å². The molecule has 21 heavy (non-hydrogen) atoms. The van der Waals surface area contributed by atoms with Crippen LogP contribution in [0.3, 0.4) is 0 Å². The summed E-state index contributed by atoms with van der Waals surface area (Å²) < 4.78 is 0.926. The number of phenols is 1. The fourth-order valence-corrected chi connectivity index (χ4v) is 2.99. The van der Waals surface area contributed by atoms with Crippen LogP contribution in [-0.4, -0.2) is 24.1 Å². The van der Waals surface area contributed by atoms with E-state index in [0.717, 1.165) is 27.9 Å². The molecule has 108 valence electrons. The maximum atomic E-state index is 12.8. The van der Waals surface area contributed by atoms with Gasteiger partial charge in [-0.15, -0.1) is 0 Å². The number of nitrogens with zero attached hydrogens (tertiary/aromatic N) is 1. The summed E-state index contributed by atoms with van der Waals surface area (Å²) in [5.74, 6) is -0.141. The van der Waals surface area contributed by atoms with Crippen molar-refractivity contribution >= 4 is 34.2 Å². The van der Waals surface area contributed by atoms with Crippen molar-refractivity contribution in [3.05, 3.63) is 57.2 Å². The highest BCUT2D eigenvalue weighted by molar-refractivity contribution is 14.1. The molecule has 0 radical (unpaired) electrons. The number of hydrogen-bond donors (Lipinski definition) is 2. The number of aromatic hydroxyl groups is 1. The van der Waals surface area contributed by atoms with Crippen LogP contribution >= 0.6 is 22.6 Å². The lowest BCUT2D eigenvalue weighted by atomic mass is 10.1. The van der Waals surface area contributed by atoms with Crippen molar-refractivity contribution in [3.63, 3.8) is 0 Å². The van der Waals surface area contributed by atoms with E-state index in [4.69, 9.17) is 0 Å². The molecular weight excluding hydrogens is 379 g/mol. The van der Waals surface area contributed by atoms with E-state index in [2.05, 4.69) is 27.9 Å². The van der Waals surface area contributed by atoms with Crippen molar-refractivity contribution in [2.75, 3.05) is 18.0 Å². The first kappa shape index (κ1) is 14.3. The number of benzene rings is 2. The number of hydrogen-bond acceptors (Lipinski definition) is 3. The van der Waals surface area contributed by atoms with Gasteiger partial charge in [0, 0.05) is 28.9 Å². The Morgan fingerprint density at radius 3 is 2.90 bits per heavy atom. The van der Waals surface area contributed by atoms with Crippen molar-refractivity contribution in [2.45, 2.75) is 6.54 Å². The number of phenolic OH excluding ortho intramolecular Hbond substituents is 1. The molecule has 1 heterocycles. The van der Waals surface area contributed by atoms with Gasteiger partial charge in [-0.25, -0.2) is 0 Å². The first-order valence-electron chi connectivity index (χ1n) is 6.76. The standard InChI is InChI=1S/C16H15IN2O2/c17-12-5-6-15(20)13(9-12)16(21)19-8-7-18-10-11-3-1-2-4-14(11)19/h1-6,9,18,20H,7-8,10H2. The zero-order valence-electron chi connectivity index (χ0n) is 11.3. The number of carbonyl (C=O) groups is 1. The van der Waals surface area contributed by atoms with E-state index in [1.807, 2.05) is 24.3 Å². The van der Waals surface area contributed by atoms with Crippen molar-refractivity contribution in [2.24, 2.45) is 0 Å². The molecule has 2 N–H and O–H groups in total. The minimum Gasteiger partial charge on any atom is -0.507 e. The third kappa shape index (κ3) is 2.89. The van der Waals surface area contributed by atoms with Gasteiger partial charge < -0.3 is 15.3 Å². The summed E-state index contributed by atoms with van der Waals surface area (Å²) in [6.45, 7) is 2.06. The summed E-state index contributed by atoms with van der Waals surface area (Å²) in [5.41, 5.74) is 2.35. The van der Waals surface area contributed by atoms with Gasteiger partial charge in [-0.3, -0.25) is 4.79 Å². The maximum Gasteiger partial charge on any atom is 0.262 e. The summed E-state index contributed by atoms with van der Waals surface area (Å²) >= 11 is 2.14. The third-order valence-corrected chi connectivity index (χ3v) is 4.22. The molecule has 5 heteroatoms. The summed E-state index contributed by atoms with van der Waals surface area (Å²) in [6.07, 6.45) is 0. The molecule has 0 saturated heterocycles. The summed E-state index contributed by atoms with van der Waals surface area (Å²) in [4.78, 5) is 14.6. The van der Waals surface area contributed by atoms with Gasteiger partial charge in [-0.05, 0) is 52.4 Å². The Morgan fingerprint density at radius 1 is 1.24 bits per heavy atom. The molecule has 0 fully saturated rings. The van der Waals surface area contributed by atoms with Crippen LogP contribution in [0.5, 0.6) is 5.75 Å². The smallest absolute Gasteiger partial charge is 0.262 e. The topological polar surface area (TPSA) is 52.6 Å². The highest BCUT2D eigenvalue weighted by Gasteiger charge is 2.24. The van der Waals surface area contributed by atoms with Gasteiger partial charge in [0.05, 0.1) is 5.56 Å². The van der Waals surface area contributed by atoms with Crippen LogP contribution in [0, 0.1) is 3.57 Å². The molecule has 4 nitrogen and oxygen atoms in total. The average molecular weight is 394 g/mol. The van der Waals surface area contributed by atoms with Crippen LogP contribution in [-0.2, 0) is 6.54 Å². The van der Waals surface area contributed by atoms with Gasteiger partial charge in [0.25, 0.3) is 5.91 Å². The third-order valence-electron chi connectivity index (χ3n) is 3.54. The highest BCUT2D eigenvalue weighted by atomic mass is 127. The molecule has 0 bridgehead atoms. The van der Waals surface area contributed by atoms with Crippen molar-refractivity contribution in [3.8, 4) is 5.75 Å². The number of amides is 1. The summed E-state index contributed by atoms with van der Waals surface area (Å²) in [7, 11) is 0. The van der Waals surface area contributed by atoms with Crippen LogP contribution in [0.4, 0.5) is 5.69 Å². The molecule has 3 rings (SSSR count). The zero-order valence-corrected chi connectivity index (χ0v) is 13.5. The molecule has 1 aliphatic heterocycles. The Balaban J connectivity index is 2.03. The van der Waals surface area contributed by atoms with Gasteiger partial charge in [-0.2, -0.15) is 0 Å². The molecule has 2 aromatic carbocycles. The Labute approximate surface area is 136 Å². The van der Waals surface area contributed by atoms with Crippen LogP contribution in [0.25, 0.3) is 0 Å². The maximum absolute atomic E-state index is 12.8. The molecule has 0 aliphatic carbocycles. The first-order chi connectivity index (χ1) is 10.2. The van der Waals surface area contributed by atoms with Crippen molar-refractivity contribution in [1.82, 2.24) is 5.32 Å². The van der Waals surface area contributed by atoms with E-state index in [1.165, 1.54) is 0 Å². The molecule has 1 amide bonds.